The van der Waals surface area contributed by atoms with Crippen LogP contribution in [0.25, 0.3) is 5.57 Å². The van der Waals surface area contributed by atoms with Crippen molar-refractivity contribution in [2.45, 2.75) is 20.3 Å². The summed E-state index contributed by atoms with van der Waals surface area (Å²) in [7, 11) is 0. The molecule has 1 rings (SSSR count). The van der Waals surface area contributed by atoms with E-state index in [1.54, 1.807) is 18.2 Å². The van der Waals surface area contributed by atoms with Crippen LogP contribution in [-0.4, -0.2) is 12.5 Å². The molecular formula is C14H18N2O. The molecule has 3 nitrogen and oxygen atoms in total. The van der Waals surface area contributed by atoms with Crippen molar-refractivity contribution < 1.29 is 4.79 Å². The first-order valence-electron chi connectivity index (χ1n) is 5.69. The summed E-state index contributed by atoms with van der Waals surface area (Å²) in [4.78, 5) is 11.0. The zero-order chi connectivity index (χ0) is 12.8. The fourth-order valence-electron chi connectivity index (χ4n) is 1.58. The van der Waals surface area contributed by atoms with Crippen molar-refractivity contribution in [3.05, 3.63) is 35.4 Å². The van der Waals surface area contributed by atoms with Gasteiger partial charge in [0.15, 0.2) is 6.29 Å². The van der Waals surface area contributed by atoms with E-state index < -0.39 is 0 Å². The molecule has 90 valence electrons. The van der Waals surface area contributed by atoms with Crippen LogP contribution in [0.3, 0.4) is 0 Å². The minimum Gasteiger partial charge on any atom is -0.399 e. The Morgan fingerprint density at radius 1 is 1.53 bits per heavy atom. The molecule has 0 aromatic heterocycles. The molecule has 0 aliphatic heterocycles. The van der Waals surface area contributed by atoms with Crippen LogP contribution in [0.2, 0.25) is 0 Å². The molecule has 0 bridgehead atoms. The molecule has 0 heterocycles. The van der Waals surface area contributed by atoms with Crippen molar-refractivity contribution in [3.8, 4) is 0 Å². The highest BCUT2D eigenvalue weighted by atomic mass is 16.1. The molecular weight excluding hydrogens is 212 g/mol. The minimum absolute atomic E-state index is 0.378. The maximum Gasteiger partial charge on any atom is 0.150 e. The highest BCUT2D eigenvalue weighted by Gasteiger charge is 2.07. The number of nitrogens with one attached hydrogen (secondary N) is 1. The van der Waals surface area contributed by atoms with Crippen molar-refractivity contribution in [2.75, 3.05) is 5.73 Å². The summed E-state index contributed by atoms with van der Waals surface area (Å²) in [5, 5.41) is 7.45. The van der Waals surface area contributed by atoms with E-state index in [0.29, 0.717) is 17.2 Å². The average Bonchev–Trinajstić information content (AvgIpc) is 2.35. The first kappa shape index (κ1) is 13.2. The highest BCUT2D eigenvalue weighted by Crippen LogP contribution is 2.21. The normalized spacial score (nSPS) is 13.2. The molecule has 1 aromatic rings. The number of hydrogen-bond acceptors (Lipinski definition) is 3. The predicted molar refractivity (Wildman–Crippen MR) is 72.5 cm³/mol. The zero-order valence-corrected chi connectivity index (χ0v) is 10.2. The maximum absolute atomic E-state index is 11.0. The van der Waals surface area contributed by atoms with Crippen LogP contribution in [-0.2, 0) is 0 Å². The van der Waals surface area contributed by atoms with Gasteiger partial charge in [-0.1, -0.05) is 32.4 Å². The predicted octanol–water partition coefficient (Wildman–Crippen LogP) is 3.16. The molecule has 17 heavy (non-hydrogen) atoms. The number of aldehydes is 1. The lowest BCUT2D eigenvalue weighted by Crippen LogP contribution is -1.98. The van der Waals surface area contributed by atoms with Gasteiger partial charge < -0.3 is 11.1 Å². The Morgan fingerprint density at radius 3 is 2.76 bits per heavy atom. The van der Waals surface area contributed by atoms with Gasteiger partial charge in [0.05, 0.1) is 0 Å². The molecule has 0 amide bonds. The van der Waals surface area contributed by atoms with Crippen LogP contribution in [0.4, 0.5) is 5.69 Å². The molecule has 0 fully saturated rings. The van der Waals surface area contributed by atoms with Gasteiger partial charge >= 0.3 is 0 Å². The van der Waals surface area contributed by atoms with Crippen molar-refractivity contribution in [3.63, 3.8) is 0 Å². The van der Waals surface area contributed by atoms with Gasteiger partial charge in [-0.15, -0.1) is 0 Å². The molecule has 0 aliphatic carbocycles. The van der Waals surface area contributed by atoms with Gasteiger partial charge in [0.1, 0.15) is 0 Å². The van der Waals surface area contributed by atoms with Gasteiger partial charge in [0, 0.05) is 17.5 Å². The number of hydrogen-bond donors (Lipinski definition) is 2. The third-order valence-electron chi connectivity index (χ3n) is 2.78. The lowest BCUT2D eigenvalue weighted by Gasteiger charge is -2.09. The summed E-state index contributed by atoms with van der Waals surface area (Å²) in [6.07, 6.45) is 5.07. The Bertz CT molecular complexity index is 450. The fourth-order valence-corrected chi connectivity index (χ4v) is 1.58. The van der Waals surface area contributed by atoms with E-state index in [1.165, 1.54) is 6.21 Å². The second-order valence-electron chi connectivity index (χ2n) is 4.12. The first-order chi connectivity index (χ1) is 8.12. The minimum atomic E-state index is 0.378. The monoisotopic (exact) mass is 230 g/mol. The van der Waals surface area contributed by atoms with Crippen molar-refractivity contribution in [1.29, 1.82) is 5.41 Å². The number of carbonyl (C=O) groups excluding carboxylic acids is 1. The van der Waals surface area contributed by atoms with E-state index in [0.717, 1.165) is 23.8 Å². The number of carbonyl (C=O) groups is 1. The molecule has 1 aromatic carbocycles. The lowest BCUT2D eigenvalue weighted by molar-refractivity contribution is 0.112. The Hall–Kier alpha value is -1.90. The first-order valence-corrected chi connectivity index (χ1v) is 5.69. The molecule has 0 radical (unpaired) electrons. The largest absolute Gasteiger partial charge is 0.399 e. The highest BCUT2D eigenvalue weighted by molar-refractivity contribution is 6.11. The van der Waals surface area contributed by atoms with Crippen LogP contribution in [0.5, 0.6) is 0 Å². The van der Waals surface area contributed by atoms with E-state index in [1.807, 2.05) is 6.08 Å². The number of nitrogen functional groups attached to an aromatic ring is 1. The van der Waals surface area contributed by atoms with E-state index >= 15 is 0 Å². The molecule has 1 atom stereocenters. The van der Waals surface area contributed by atoms with E-state index in [2.05, 4.69) is 13.8 Å². The molecule has 3 N–H and O–H groups in total. The summed E-state index contributed by atoms with van der Waals surface area (Å²) in [5.74, 6) is 0.378. The van der Waals surface area contributed by atoms with Crippen molar-refractivity contribution >= 4 is 23.8 Å². The summed E-state index contributed by atoms with van der Waals surface area (Å²) in [5.41, 5.74) is 8.26. The Morgan fingerprint density at radius 2 is 2.24 bits per heavy atom. The Balaban J connectivity index is 3.25. The van der Waals surface area contributed by atoms with Gasteiger partial charge in [-0.25, -0.2) is 0 Å². The second kappa shape index (κ2) is 5.99. The van der Waals surface area contributed by atoms with E-state index in [-0.39, 0.29) is 0 Å². The van der Waals surface area contributed by atoms with E-state index in [9.17, 15) is 4.79 Å². The zero-order valence-electron chi connectivity index (χ0n) is 10.2. The molecule has 1 unspecified atom stereocenters. The fraction of sp³-hybridized carbons (Fsp3) is 0.286. The van der Waals surface area contributed by atoms with Crippen LogP contribution < -0.4 is 5.73 Å². The average molecular weight is 230 g/mol. The third kappa shape index (κ3) is 3.28. The summed E-state index contributed by atoms with van der Waals surface area (Å²) in [6, 6.07) is 5.17. The Kier molecular flexibility index (Phi) is 4.64. The molecule has 0 spiro atoms. The molecule has 0 aliphatic rings. The number of nitrogens with two attached hydrogens (primary N) is 1. The van der Waals surface area contributed by atoms with Gasteiger partial charge in [-0.05, 0) is 29.2 Å². The van der Waals surface area contributed by atoms with E-state index in [4.69, 9.17) is 11.1 Å². The number of allylic oxidation sites excluding steroid dienone is 2. The summed E-state index contributed by atoms with van der Waals surface area (Å²) >= 11 is 0. The smallest absolute Gasteiger partial charge is 0.150 e. The van der Waals surface area contributed by atoms with Crippen molar-refractivity contribution in [2.24, 2.45) is 5.92 Å². The summed E-state index contributed by atoms with van der Waals surface area (Å²) < 4.78 is 0. The molecule has 0 saturated heterocycles. The topological polar surface area (TPSA) is 66.9 Å². The third-order valence-corrected chi connectivity index (χ3v) is 2.78. The quantitative estimate of drug-likeness (QED) is 0.463. The maximum atomic E-state index is 11.0. The standard InChI is InChI=1S/C14H18N2O/c1-3-10(2)6-11(8-15)14-5-4-13(16)7-12(14)9-17/h4-10,15H,3,16H2,1-2H3/b11-6+,15-8?. The molecule has 3 heteroatoms. The summed E-state index contributed by atoms with van der Waals surface area (Å²) in [6.45, 7) is 4.17. The van der Waals surface area contributed by atoms with Crippen LogP contribution in [0, 0.1) is 11.3 Å². The SMILES string of the molecule is CCC(C)/C=C(\C=N)c1ccc(N)cc1C=O. The van der Waals surface area contributed by atoms with Crippen LogP contribution >= 0.6 is 0 Å². The van der Waals surface area contributed by atoms with Crippen LogP contribution in [0.15, 0.2) is 24.3 Å². The van der Waals surface area contributed by atoms with Gasteiger partial charge in [-0.3, -0.25) is 4.79 Å². The van der Waals surface area contributed by atoms with Crippen molar-refractivity contribution in [1.82, 2.24) is 0 Å². The Labute approximate surface area is 102 Å². The second-order valence-corrected chi connectivity index (χ2v) is 4.12. The number of rotatable bonds is 5. The molecule has 0 saturated carbocycles. The number of benzene rings is 1. The lowest BCUT2D eigenvalue weighted by atomic mass is 9.96. The van der Waals surface area contributed by atoms with Gasteiger partial charge in [-0.2, -0.15) is 0 Å². The van der Waals surface area contributed by atoms with Crippen LogP contribution in [0.1, 0.15) is 36.2 Å². The number of anilines is 1. The van der Waals surface area contributed by atoms with Gasteiger partial charge in [0.2, 0.25) is 0 Å². The van der Waals surface area contributed by atoms with Gasteiger partial charge in [0.25, 0.3) is 0 Å².